The molecule has 0 saturated carbocycles. The fourth-order valence-corrected chi connectivity index (χ4v) is 1.46. The first-order valence-corrected chi connectivity index (χ1v) is 4.83. The van der Waals surface area contributed by atoms with Crippen LogP contribution in [0.15, 0.2) is 48.8 Å². The van der Waals surface area contributed by atoms with Crippen LogP contribution in [0.25, 0.3) is 11.1 Å². The Morgan fingerprint density at radius 2 is 1.29 bits per heavy atom. The van der Waals surface area contributed by atoms with Crippen molar-refractivity contribution in [3.05, 3.63) is 59.6 Å². The molecule has 1 heterocycles. The summed E-state index contributed by atoms with van der Waals surface area (Å²) in [5.74, 6) is 0. The highest BCUT2D eigenvalue weighted by Crippen LogP contribution is 2.30. The van der Waals surface area contributed by atoms with Gasteiger partial charge in [-0.15, -0.1) is 0 Å². The molecule has 0 aliphatic heterocycles. The Kier molecular flexibility index (Phi) is 2.75. The molecule has 0 fully saturated rings. The normalized spacial score (nSPS) is 11.5. The summed E-state index contributed by atoms with van der Waals surface area (Å²) in [4.78, 5) is 0. The molecule has 1 aromatic carbocycles. The largest absolute Gasteiger partial charge is 0.619 e. The molecule has 88 valence electrons. The summed E-state index contributed by atoms with van der Waals surface area (Å²) in [7, 11) is 0. The summed E-state index contributed by atoms with van der Waals surface area (Å²) < 4.78 is 37.6. The van der Waals surface area contributed by atoms with Crippen LogP contribution in [0, 0.1) is 5.21 Å². The molecule has 2 rings (SSSR count). The van der Waals surface area contributed by atoms with Gasteiger partial charge < -0.3 is 5.21 Å². The van der Waals surface area contributed by atoms with Crippen molar-refractivity contribution in [1.29, 1.82) is 0 Å². The van der Waals surface area contributed by atoms with Crippen LogP contribution in [0.2, 0.25) is 0 Å². The van der Waals surface area contributed by atoms with Crippen LogP contribution in [0.5, 0.6) is 0 Å². The molecule has 0 aliphatic carbocycles. The first-order chi connectivity index (χ1) is 7.97. The molecule has 0 amide bonds. The predicted octanol–water partition coefficient (Wildman–Crippen LogP) is 3.01. The van der Waals surface area contributed by atoms with E-state index in [9.17, 15) is 18.4 Å². The lowest BCUT2D eigenvalue weighted by molar-refractivity contribution is -0.605. The van der Waals surface area contributed by atoms with Crippen LogP contribution in [0.4, 0.5) is 13.2 Å². The number of rotatable bonds is 1. The second-order valence-electron chi connectivity index (χ2n) is 3.52. The van der Waals surface area contributed by atoms with Gasteiger partial charge in [-0.3, -0.25) is 0 Å². The highest BCUT2D eigenvalue weighted by atomic mass is 19.4. The number of aromatic nitrogens is 1. The topological polar surface area (TPSA) is 26.9 Å². The fourth-order valence-electron chi connectivity index (χ4n) is 1.46. The van der Waals surface area contributed by atoms with Crippen LogP contribution in [-0.4, -0.2) is 0 Å². The van der Waals surface area contributed by atoms with Crippen LogP contribution in [0.3, 0.4) is 0 Å². The molecule has 5 heteroatoms. The SMILES string of the molecule is [O-][n+]1ccc(-c2ccc(C(F)(F)F)cc2)cc1. The van der Waals surface area contributed by atoms with Crippen LogP contribution in [-0.2, 0) is 6.18 Å². The Morgan fingerprint density at radius 3 is 1.76 bits per heavy atom. The quantitative estimate of drug-likeness (QED) is 0.555. The lowest BCUT2D eigenvalue weighted by Gasteiger charge is -2.07. The molecule has 0 atom stereocenters. The molecule has 0 unspecified atom stereocenters. The average Bonchev–Trinajstić information content (AvgIpc) is 2.29. The summed E-state index contributed by atoms with van der Waals surface area (Å²) in [5, 5.41) is 10.8. The molecule has 0 aliphatic rings. The zero-order chi connectivity index (χ0) is 12.5. The zero-order valence-electron chi connectivity index (χ0n) is 8.61. The van der Waals surface area contributed by atoms with Crippen molar-refractivity contribution in [3.63, 3.8) is 0 Å². The van der Waals surface area contributed by atoms with E-state index in [1.807, 2.05) is 0 Å². The summed E-state index contributed by atoms with van der Waals surface area (Å²) in [5.41, 5.74) is 0.653. The number of pyridine rings is 1. The van der Waals surface area contributed by atoms with E-state index >= 15 is 0 Å². The molecule has 2 aromatic rings. The van der Waals surface area contributed by atoms with Crippen molar-refractivity contribution >= 4 is 0 Å². The zero-order valence-corrected chi connectivity index (χ0v) is 8.61. The monoisotopic (exact) mass is 239 g/mol. The summed E-state index contributed by atoms with van der Waals surface area (Å²) in [6, 6.07) is 7.91. The van der Waals surface area contributed by atoms with Gasteiger partial charge in [-0.1, -0.05) is 12.1 Å². The molecule has 17 heavy (non-hydrogen) atoms. The molecule has 2 nitrogen and oxygen atoms in total. The summed E-state index contributed by atoms with van der Waals surface area (Å²) in [6.45, 7) is 0. The van der Waals surface area contributed by atoms with E-state index < -0.39 is 11.7 Å². The van der Waals surface area contributed by atoms with Gasteiger partial charge in [0.2, 0.25) is 0 Å². The second-order valence-corrected chi connectivity index (χ2v) is 3.52. The van der Waals surface area contributed by atoms with Crippen molar-refractivity contribution in [2.45, 2.75) is 6.18 Å². The molecular formula is C12H8F3NO. The van der Waals surface area contributed by atoms with Crippen LogP contribution < -0.4 is 4.73 Å². The minimum Gasteiger partial charge on any atom is -0.619 e. The number of benzene rings is 1. The van der Waals surface area contributed by atoms with Gasteiger partial charge in [0.15, 0.2) is 12.4 Å². The number of hydrogen-bond acceptors (Lipinski definition) is 1. The van der Waals surface area contributed by atoms with Crippen molar-refractivity contribution in [3.8, 4) is 11.1 Å². The van der Waals surface area contributed by atoms with Crippen LogP contribution >= 0.6 is 0 Å². The molecule has 0 saturated heterocycles. The van der Waals surface area contributed by atoms with Gasteiger partial charge in [0, 0.05) is 12.1 Å². The van der Waals surface area contributed by atoms with Gasteiger partial charge in [-0.25, -0.2) is 0 Å². The van der Waals surface area contributed by atoms with Gasteiger partial charge in [-0.2, -0.15) is 17.9 Å². The van der Waals surface area contributed by atoms with Crippen molar-refractivity contribution in [2.24, 2.45) is 0 Å². The Labute approximate surface area is 95.5 Å². The highest BCUT2D eigenvalue weighted by molar-refractivity contribution is 5.62. The summed E-state index contributed by atoms with van der Waals surface area (Å²) >= 11 is 0. The Bertz CT molecular complexity index is 503. The smallest absolute Gasteiger partial charge is 0.416 e. The molecule has 1 aromatic heterocycles. The van der Waals surface area contributed by atoms with E-state index in [-0.39, 0.29) is 0 Å². The van der Waals surface area contributed by atoms with E-state index in [1.165, 1.54) is 24.5 Å². The minimum atomic E-state index is -4.33. The average molecular weight is 239 g/mol. The molecule has 0 spiro atoms. The maximum Gasteiger partial charge on any atom is 0.416 e. The first-order valence-electron chi connectivity index (χ1n) is 4.83. The second kappa shape index (κ2) is 4.08. The van der Waals surface area contributed by atoms with Crippen molar-refractivity contribution in [2.75, 3.05) is 0 Å². The third kappa shape index (κ3) is 2.55. The molecular weight excluding hydrogens is 231 g/mol. The van der Waals surface area contributed by atoms with E-state index in [4.69, 9.17) is 0 Å². The number of hydrogen-bond donors (Lipinski definition) is 0. The van der Waals surface area contributed by atoms with Crippen molar-refractivity contribution in [1.82, 2.24) is 0 Å². The molecule has 0 radical (unpaired) electrons. The highest BCUT2D eigenvalue weighted by Gasteiger charge is 2.29. The van der Waals surface area contributed by atoms with E-state index in [0.29, 0.717) is 15.9 Å². The molecule has 0 N–H and O–H groups in total. The van der Waals surface area contributed by atoms with Crippen LogP contribution in [0.1, 0.15) is 5.56 Å². The Hall–Kier alpha value is -2.04. The van der Waals surface area contributed by atoms with E-state index in [1.54, 1.807) is 12.1 Å². The lowest BCUT2D eigenvalue weighted by atomic mass is 10.1. The number of alkyl halides is 3. The Balaban J connectivity index is 2.33. The maximum atomic E-state index is 12.3. The minimum absolute atomic E-state index is 0.619. The van der Waals surface area contributed by atoms with Gasteiger partial charge in [0.25, 0.3) is 0 Å². The summed E-state index contributed by atoms with van der Waals surface area (Å²) in [6.07, 6.45) is -1.73. The Morgan fingerprint density at radius 1 is 0.824 bits per heavy atom. The van der Waals surface area contributed by atoms with Gasteiger partial charge in [0.1, 0.15) is 0 Å². The van der Waals surface area contributed by atoms with E-state index in [2.05, 4.69) is 0 Å². The maximum absolute atomic E-state index is 12.3. The van der Waals surface area contributed by atoms with Gasteiger partial charge >= 0.3 is 6.18 Å². The van der Waals surface area contributed by atoms with Crippen molar-refractivity contribution < 1.29 is 17.9 Å². The predicted molar refractivity (Wildman–Crippen MR) is 55.8 cm³/mol. The first kappa shape index (κ1) is 11.4. The number of halogens is 3. The van der Waals surface area contributed by atoms with Gasteiger partial charge in [-0.05, 0) is 23.3 Å². The third-order valence-electron chi connectivity index (χ3n) is 2.35. The van der Waals surface area contributed by atoms with Gasteiger partial charge in [0.05, 0.1) is 5.56 Å². The fraction of sp³-hybridized carbons (Fsp3) is 0.0833. The van der Waals surface area contributed by atoms with E-state index in [0.717, 1.165) is 12.1 Å². The number of nitrogens with zero attached hydrogens (tertiary/aromatic N) is 1. The standard InChI is InChI=1S/C12H8F3NO/c13-12(14,15)11-3-1-9(2-4-11)10-5-7-16(17)8-6-10/h1-8H. The lowest BCUT2D eigenvalue weighted by Crippen LogP contribution is -2.23. The molecule has 0 bridgehead atoms. The third-order valence-corrected chi connectivity index (χ3v) is 2.35.